The van der Waals surface area contributed by atoms with Crippen LogP contribution in [0.2, 0.25) is 0 Å². The van der Waals surface area contributed by atoms with E-state index in [1.807, 2.05) is 0 Å². The van der Waals surface area contributed by atoms with Crippen LogP contribution in [0.1, 0.15) is 25.7 Å². The molecule has 1 atom stereocenters. The number of carbonyl (C=O) groups is 1. The van der Waals surface area contributed by atoms with Gasteiger partial charge in [0.05, 0.1) is 11.0 Å². The normalized spacial score (nSPS) is 18.2. The number of non-ortho nitro benzene ring substituents is 1. The van der Waals surface area contributed by atoms with Gasteiger partial charge in [-0.15, -0.1) is 0 Å². The fraction of sp³-hybridized carbons (Fsp3) is 0.462. The van der Waals surface area contributed by atoms with Gasteiger partial charge in [0.1, 0.15) is 0 Å². The van der Waals surface area contributed by atoms with Crippen LogP contribution in [-0.4, -0.2) is 23.5 Å². The number of hydrogen-bond acceptors (Lipinski definition) is 4. The van der Waals surface area contributed by atoms with Gasteiger partial charge >= 0.3 is 0 Å². The van der Waals surface area contributed by atoms with Gasteiger partial charge in [0.25, 0.3) is 5.69 Å². The molecule has 1 aliphatic rings. The Morgan fingerprint density at radius 2 is 2.16 bits per heavy atom. The second kappa shape index (κ2) is 6.29. The topological polar surface area (TPSA) is 81.5 Å². The molecule has 1 aliphatic heterocycles. The molecule has 0 aromatic heterocycles. The fourth-order valence-corrected chi connectivity index (χ4v) is 2.05. The SMILES string of the molecule is O=C(CCC1CCCO1)Nc1ccc([N+](=O)[O-])cc1. The Kier molecular flexibility index (Phi) is 4.46. The summed E-state index contributed by atoms with van der Waals surface area (Å²) in [4.78, 5) is 21.7. The molecule has 1 aromatic rings. The number of benzene rings is 1. The van der Waals surface area contributed by atoms with Crippen molar-refractivity contribution < 1.29 is 14.5 Å². The highest BCUT2D eigenvalue weighted by atomic mass is 16.6. The van der Waals surface area contributed by atoms with Gasteiger partial charge in [-0.1, -0.05) is 0 Å². The average molecular weight is 264 g/mol. The lowest BCUT2D eigenvalue weighted by Gasteiger charge is -2.09. The van der Waals surface area contributed by atoms with Crippen LogP contribution >= 0.6 is 0 Å². The van der Waals surface area contributed by atoms with E-state index in [0.717, 1.165) is 25.9 Å². The molecule has 1 amide bonds. The Balaban J connectivity index is 1.79. The third-order valence-electron chi connectivity index (χ3n) is 3.08. The highest BCUT2D eigenvalue weighted by molar-refractivity contribution is 5.90. The molecule has 1 saturated heterocycles. The molecule has 2 rings (SSSR count). The predicted octanol–water partition coefficient (Wildman–Crippen LogP) is 2.49. The van der Waals surface area contributed by atoms with E-state index in [2.05, 4.69) is 5.32 Å². The zero-order valence-electron chi connectivity index (χ0n) is 10.5. The Labute approximate surface area is 110 Å². The molecule has 0 radical (unpaired) electrons. The molecule has 6 nitrogen and oxygen atoms in total. The summed E-state index contributed by atoms with van der Waals surface area (Å²) in [5, 5.41) is 13.2. The number of carbonyl (C=O) groups excluding carboxylic acids is 1. The molecule has 1 unspecified atom stereocenters. The molecular formula is C13H16N2O4. The third kappa shape index (κ3) is 4.03. The molecule has 19 heavy (non-hydrogen) atoms. The van der Waals surface area contributed by atoms with E-state index in [9.17, 15) is 14.9 Å². The van der Waals surface area contributed by atoms with E-state index in [4.69, 9.17) is 4.74 Å². The molecule has 102 valence electrons. The first-order valence-corrected chi connectivity index (χ1v) is 6.31. The van der Waals surface area contributed by atoms with Gasteiger partial charge in [-0.25, -0.2) is 0 Å². The maximum atomic E-state index is 11.7. The monoisotopic (exact) mass is 264 g/mol. The molecule has 0 bridgehead atoms. The summed E-state index contributed by atoms with van der Waals surface area (Å²) < 4.78 is 5.44. The number of rotatable bonds is 5. The van der Waals surface area contributed by atoms with E-state index in [1.165, 1.54) is 24.3 Å². The summed E-state index contributed by atoms with van der Waals surface area (Å²) in [5.74, 6) is -0.0932. The summed E-state index contributed by atoms with van der Waals surface area (Å²) in [5.41, 5.74) is 0.584. The van der Waals surface area contributed by atoms with Crippen molar-refractivity contribution in [2.24, 2.45) is 0 Å². The van der Waals surface area contributed by atoms with Gasteiger partial charge in [-0.2, -0.15) is 0 Å². The molecule has 0 saturated carbocycles. The van der Waals surface area contributed by atoms with Gasteiger partial charge in [0, 0.05) is 30.8 Å². The van der Waals surface area contributed by atoms with Crippen LogP contribution in [-0.2, 0) is 9.53 Å². The van der Waals surface area contributed by atoms with Crippen molar-refractivity contribution in [2.75, 3.05) is 11.9 Å². The second-order valence-electron chi connectivity index (χ2n) is 4.53. The van der Waals surface area contributed by atoms with Crippen LogP contribution in [0, 0.1) is 10.1 Å². The van der Waals surface area contributed by atoms with Gasteiger partial charge in [-0.3, -0.25) is 14.9 Å². The van der Waals surface area contributed by atoms with E-state index < -0.39 is 4.92 Å². The molecule has 1 N–H and O–H groups in total. The summed E-state index contributed by atoms with van der Waals surface area (Å²) in [6.07, 6.45) is 3.41. The number of amides is 1. The van der Waals surface area contributed by atoms with Crippen molar-refractivity contribution in [3.05, 3.63) is 34.4 Å². The fourth-order valence-electron chi connectivity index (χ4n) is 2.05. The van der Waals surface area contributed by atoms with Gasteiger partial charge in [-0.05, 0) is 31.4 Å². The van der Waals surface area contributed by atoms with Crippen LogP contribution < -0.4 is 5.32 Å². The summed E-state index contributed by atoms with van der Waals surface area (Å²) in [6, 6.07) is 5.80. The highest BCUT2D eigenvalue weighted by Crippen LogP contribution is 2.18. The molecule has 1 aromatic carbocycles. The predicted molar refractivity (Wildman–Crippen MR) is 69.9 cm³/mol. The first-order valence-electron chi connectivity index (χ1n) is 6.31. The second-order valence-corrected chi connectivity index (χ2v) is 4.53. The molecule has 1 fully saturated rings. The number of hydrogen-bond donors (Lipinski definition) is 1. The van der Waals surface area contributed by atoms with Crippen molar-refractivity contribution in [2.45, 2.75) is 31.8 Å². The number of anilines is 1. The van der Waals surface area contributed by atoms with Crippen LogP contribution in [0.25, 0.3) is 0 Å². The minimum atomic E-state index is -0.469. The summed E-state index contributed by atoms with van der Waals surface area (Å²) in [7, 11) is 0. The molecule has 1 heterocycles. The van der Waals surface area contributed by atoms with Crippen LogP contribution in [0.5, 0.6) is 0 Å². The smallest absolute Gasteiger partial charge is 0.269 e. The Hall–Kier alpha value is -1.95. The van der Waals surface area contributed by atoms with Crippen LogP contribution in [0.4, 0.5) is 11.4 Å². The first-order chi connectivity index (χ1) is 9.15. The quantitative estimate of drug-likeness (QED) is 0.654. The van der Waals surface area contributed by atoms with E-state index in [0.29, 0.717) is 12.1 Å². The lowest BCUT2D eigenvalue weighted by atomic mass is 10.1. The lowest BCUT2D eigenvalue weighted by Crippen LogP contribution is -2.15. The minimum Gasteiger partial charge on any atom is -0.378 e. The zero-order valence-corrected chi connectivity index (χ0v) is 10.5. The maximum Gasteiger partial charge on any atom is 0.269 e. The van der Waals surface area contributed by atoms with E-state index >= 15 is 0 Å². The largest absolute Gasteiger partial charge is 0.378 e. The van der Waals surface area contributed by atoms with Crippen molar-refractivity contribution in [3.63, 3.8) is 0 Å². The number of nitro groups is 1. The van der Waals surface area contributed by atoms with E-state index in [1.54, 1.807) is 0 Å². The molecule has 0 spiro atoms. The van der Waals surface area contributed by atoms with Gasteiger partial charge in [0.15, 0.2) is 0 Å². The molecule has 6 heteroatoms. The summed E-state index contributed by atoms with van der Waals surface area (Å²) in [6.45, 7) is 0.786. The van der Waals surface area contributed by atoms with Crippen molar-refractivity contribution in [3.8, 4) is 0 Å². The maximum absolute atomic E-state index is 11.7. The minimum absolute atomic E-state index is 0.0114. The number of ether oxygens (including phenoxy) is 1. The standard InChI is InChI=1S/C13H16N2O4/c16-13(8-7-12-2-1-9-19-12)14-10-3-5-11(6-4-10)15(17)18/h3-6,12H,1-2,7-9H2,(H,14,16). The van der Waals surface area contributed by atoms with Crippen LogP contribution in [0.3, 0.4) is 0 Å². The average Bonchev–Trinajstić information content (AvgIpc) is 2.90. The summed E-state index contributed by atoms with van der Waals surface area (Å²) >= 11 is 0. The Morgan fingerprint density at radius 3 is 2.74 bits per heavy atom. The number of nitrogens with zero attached hydrogens (tertiary/aromatic N) is 1. The van der Waals surface area contributed by atoms with Crippen molar-refractivity contribution in [1.29, 1.82) is 0 Å². The van der Waals surface area contributed by atoms with Crippen LogP contribution in [0.15, 0.2) is 24.3 Å². The Bertz CT molecular complexity index is 452. The third-order valence-corrected chi connectivity index (χ3v) is 3.08. The Morgan fingerprint density at radius 1 is 1.42 bits per heavy atom. The zero-order chi connectivity index (χ0) is 13.7. The highest BCUT2D eigenvalue weighted by Gasteiger charge is 2.16. The van der Waals surface area contributed by atoms with Gasteiger partial charge in [0.2, 0.25) is 5.91 Å². The molecule has 0 aliphatic carbocycles. The van der Waals surface area contributed by atoms with Gasteiger partial charge < -0.3 is 10.1 Å². The molecular weight excluding hydrogens is 248 g/mol. The van der Waals surface area contributed by atoms with E-state index in [-0.39, 0.29) is 17.7 Å². The van der Waals surface area contributed by atoms with Crippen molar-refractivity contribution >= 4 is 17.3 Å². The number of nitro benzene ring substituents is 1. The lowest BCUT2D eigenvalue weighted by molar-refractivity contribution is -0.384. The first kappa shape index (κ1) is 13.5. The van der Waals surface area contributed by atoms with Crippen molar-refractivity contribution in [1.82, 2.24) is 0 Å². The number of nitrogens with one attached hydrogen (secondary N) is 1.